The molecule has 5 rings (SSSR count). The number of methoxy groups -OCH3 is 2. The molecule has 0 unspecified atom stereocenters. The van der Waals surface area contributed by atoms with E-state index in [2.05, 4.69) is 4.98 Å². The summed E-state index contributed by atoms with van der Waals surface area (Å²) in [6.07, 6.45) is 1.35. The fraction of sp³-hybridized carbons (Fsp3) is 0.370. The molecule has 0 spiro atoms. The third kappa shape index (κ3) is 3.92. The molecule has 2 aliphatic rings. The minimum absolute atomic E-state index is 0.0118. The Morgan fingerprint density at radius 2 is 1.74 bits per heavy atom. The molecule has 2 amide bonds. The molecule has 1 N–H and O–H groups in total. The minimum atomic E-state index is -0.767. The van der Waals surface area contributed by atoms with Gasteiger partial charge in [0.1, 0.15) is 5.69 Å². The van der Waals surface area contributed by atoms with Crippen LogP contribution in [0.3, 0.4) is 0 Å². The van der Waals surface area contributed by atoms with Crippen molar-refractivity contribution < 1.29 is 19.1 Å². The Morgan fingerprint density at radius 1 is 1.03 bits per heavy atom. The first kappa shape index (κ1) is 23.0. The molecular formula is C27H30N4O4. The van der Waals surface area contributed by atoms with Crippen molar-refractivity contribution in [3.63, 3.8) is 0 Å². The minimum Gasteiger partial charge on any atom is -0.493 e. The third-order valence-corrected chi connectivity index (χ3v) is 7.06. The van der Waals surface area contributed by atoms with E-state index in [4.69, 9.17) is 14.6 Å². The second kappa shape index (κ2) is 8.76. The zero-order valence-electron chi connectivity index (χ0n) is 20.5. The summed E-state index contributed by atoms with van der Waals surface area (Å²) in [7, 11) is 3.18. The number of piperidine rings is 1. The Bertz CT molecular complexity index is 1280. The van der Waals surface area contributed by atoms with Gasteiger partial charge in [-0.05, 0) is 57.0 Å². The fourth-order valence-electron chi connectivity index (χ4n) is 4.99. The Hall–Kier alpha value is -3.81. The summed E-state index contributed by atoms with van der Waals surface area (Å²) >= 11 is 0. The number of hydrazone groups is 1. The summed E-state index contributed by atoms with van der Waals surface area (Å²) in [4.78, 5) is 31.5. The standard InChI is InChI=1S/C27H30N4O4/c1-27(2)24(18-9-10-22(34-3)23(16-18)35-4)29-31(26(27)33)19-11-13-30(14-12-19)25(32)21-15-17-7-5-6-8-20(17)28-21/h5-10,15-16,19,28H,11-14H2,1-4H3. The Morgan fingerprint density at radius 3 is 2.43 bits per heavy atom. The van der Waals surface area contributed by atoms with Crippen LogP contribution in [-0.4, -0.2) is 65.8 Å². The molecular weight excluding hydrogens is 444 g/mol. The number of aromatic nitrogens is 1. The molecule has 0 atom stereocenters. The lowest BCUT2D eigenvalue weighted by molar-refractivity contribution is -0.137. The van der Waals surface area contributed by atoms with Gasteiger partial charge >= 0.3 is 0 Å². The van der Waals surface area contributed by atoms with Crippen LogP contribution in [-0.2, 0) is 4.79 Å². The summed E-state index contributed by atoms with van der Waals surface area (Å²) < 4.78 is 10.8. The van der Waals surface area contributed by atoms with Crippen LogP contribution in [0.5, 0.6) is 11.5 Å². The average molecular weight is 475 g/mol. The number of likely N-dealkylation sites (tertiary alicyclic amines) is 1. The summed E-state index contributed by atoms with van der Waals surface area (Å²) in [6, 6.07) is 15.3. The van der Waals surface area contributed by atoms with Crippen LogP contribution in [0.15, 0.2) is 53.6 Å². The second-order valence-corrected chi connectivity index (χ2v) is 9.59. The number of fused-ring (bicyclic) bond motifs is 1. The number of ether oxygens (including phenoxy) is 2. The molecule has 8 heteroatoms. The van der Waals surface area contributed by atoms with Gasteiger partial charge in [0.2, 0.25) is 0 Å². The lowest BCUT2D eigenvalue weighted by atomic mass is 9.83. The van der Waals surface area contributed by atoms with Gasteiger partial charge in [-0.3, -0.25) is 9.59 Å². The van der Waals surface area contributed by atoms with Crippen molar-refractivity contribution in [2.24, 2.45) is 10.5 Å². The molecule has 2 aromatic carbocycles. The maximum atomic E-state index is 13.4. The predicted molar refractivity (Wildman–Crippen MR) is 134 cm³/mol. The zero-order valence-corrected chi connectivity index (χ0v) is 20.5. The SMILES string of the molecule is COc1ccc(C2=NN(C3CCN(C(=O)c4cc5ccccc5[nH]4)CC3)C(=O)C2(C)C)cc1OC. The van der Waals surface area contributed by atoms with Gasteiger partial charge in [-0.25, -0.2) is 5.01 Å². The topological polar surface area (TPSA) is 87.2 Å². The van der Waals surface area contributed by atoms with E-state index in [1.165, 1.54) is 0 Å². The van der Waals surface area contributed by atoms with E-state index in [9.17, 15) is 9.59 Å². The maximum absolute atomic E-state index is 13.4. The largest absolute Gasteiger partial charge is 0.493 e. The van der Waals surface area contributed by atoms with Gasteiger partial charge in [0, 0.05) is 29.6 Å². The monoisotopic (exact) mass is 474 g/mol. The first-order valence-corrected chi connectivity index (χ1v) is 11.9. The summed E-state index contributed by atoms with van der Waals surface area (Å²) in [6.45, 7) is 4.95. The van der Waals surface area contributed by atoms with Crippen molar-refractivity contribution in [1.29, 1.82) is 0 Å². The maximum Gasteiger partial charge on any atom is 0.270 e. The van der Waals surface area contributed by atoms with Crippen LogP contribution in [0.2, 0.25) is 0 Å². The zero-order chi connectivity index (χ0) is 24.7. The van der Waals surface area contributed by atoms with Gasteiger partial charge in [-0.15, -0.1) is 0 Å². The van der Waals surface area contributed by atoms with Crippen LogP contribution in [0.25, 0.3) is 10.9 Å². The number of hydrogen-bond acceptors (Lipinski definition) is 5. The lowest BCUT2D eigenvalue weighted by Gasteiger charge is -2.35. The van der Waals surface area contributed by atoms with E-state index >= 15 is 0 Å². The summed E-state index contributed by atoms with van der Waals surface area (Å²) in [5, 5.41) is 7.45. The molecule has 1 fully saturated rings. The molecule has 0 saturated carbocycles. The number of H-pyrrole nitrogens is 1. The van der Waals surface area contributed by atoms with E-state index in [0.717, 1.165) is 16.5 Å². The molecule has 0 bridgehead atoms. The second-order valence-electron chi connectivity index (χ2n) is 9.59. The molecule has 0 aliphatic carbocycles. The van der Waals surface area contributed by atoms with Crippen LogP contribution >= 0.6 is 0 Å². The van der Waals surface area contributed by atoms with Crippen molar-refractivity contribution in [3.05, 3.63) is 59.8 Å². The van der Waals surface area contributed by atoms with Crippen molar-refractivity contribution in [3.8, 4) is 11.5 Å². The van der Waals surface area contributed by atoms with Crippen molar-refractivity contribution in [2.75, 3.05) is 27.3 Å². The van der Waals surface area contributed by atoms with Crippen LogP contribution in [0.1, 0.15) is 42.7 Å². The van der Waals surface area contributed by atoms with Gasteiger partial charge in [0.15, 0.2) is 11.5 Å². The van der Waals surface area contributed by atoms with Gasteiger partial charge in [-0.2, -0.15) is 5.10 Å². The molecule has 2 aliphatic heterocycles. The van der Waals surface area contributed by atoms with Gasteiger partial charge in [0.25, 0.3) is 11.8 Å². The highest BCUT2D eigenvalue weighted by Crippen LogP contribution is 2.37. The molecule has 182 valence electrons. The quantitative estimate of drug-likeness (QED) is 0.604. The number of para-hydroxylation sites is 1. The molecule has 1 saturated heterocycles. The number of carbonyl (C=O) groups is 2. The van der Waals surface area contributed by atoms with Gasteiger partial charge < -0.3 is 19.4 Å². The Kier molecular flexibility index (Phi) is 5.75. The highest BCUT2D eigenvalue weighted by atomic mass is 16.5. The van der Waals surface area contributed by atoms with E-state index < -0.39 is 5.41 Å². The van der Waals surface area contributed by atoms with E-state index in [0.29, 0.717) is 48.8 Å². The number of rotatable bonds is 5. The van der Waals surface area contributed by atoms with Crippen LogP contribution in [0, 0.1) is 5.41 Å². The number of amides is 2. The Balaban J connectivity index is 1.32. The van der Waals surface area contributed by atoms with Crippen molar-refractivity contribution in [2.45, 2.75) is 32.7 Å². The van der Waals surface area contributed by atoms with Crippen LogP contribution < -0.4 is 9.47 Å². The number of nitrogens with zero attached hydrogens (tertiary/aromatic N) is 3. The normalized spacial score (nSPS) is 18.2. The summed E-state index contributed by atoms with van der Waals surface area (Å²) in [5.41, 5.74) is 2.32. The van der Waals surface area contributed by atoms with E-state index in [-0.39, 0.29) is 17.9 Å². The highest BCUT2D eigenvalue weighted by molar-refractivity contribution is 6.19. The highest BCUT2D eigenvalue weighted by Gasteiger charge is 2.47. The molecule has 35 heavy (non-hydrogen) atoms. The number of aromatic amines is 1. The van der Waals surface area contributed by atoms with Crippen molar-refractivity contribution in [1.82, 2.24) is 14.9 Å². The first-order valence-electron chi connectivity index (χ1n) is 11.9. The number of benzene rings is 2. The van der Waals surface area contributed by atoms with Gasteiger partial charge in [0.05, 0.1) is 31.4 Å². The molecule has 3 aromatic rings. The smallest absolute Gasteiger partial charge is 0.270 e. The molecule has 3 heterocycles. The lowest BCUT2D eigenvalue weighted by Crippen LogP contribution is -2.47. The predicted octanol–water partition coefficient (Wildman–Crippen LogP) is 4.06. The van der Waals surface area contributed by atoms with Crippen LogP contribution in [0.4, 0.5) is 0 Å². The van der Waals surface area contributed by atoms with E-state index in [1.54, 1.807) is 19.2 Å². The van der Waals surface area contributed by atoms with Gasteiger partial charge in [-0.1, -0.05) is 18.2 Å². The molecule has 1 aromatic heterocycles. The molecule has 8 nitrogen and oxygen atoms in total. The number of carbonyl (C=O) groups excluding carboxylic acids is 2. The third-order valence-electron chi connectivity index (χ3n) is 7.06. The first-order chi connectivity index (χ1) is 16.8. The fourth-order valence-corrected chi connectivity index (χ4v) is 4.99. The Labute approximate surface area is 204 Å². The number of hydrogen-bond donors (Lipinski definition) is 1. The number of nitrogens with one attached hydrogen (secondary N) is 1. The summed E-state index contributed by atoms with van der Waals surface area (Å²) in [5.74, 6) is 1.19. The molecule has 0 radical (unpaired) electrons. The van der Waals surface area contributed by atoms with E-state index in [1.807, 2.05) is 67.3 Å². The average Bonchev–Trinajstić information content (AvgIpc) is 3.42. The van der Waals surface area contributed by atoms with Crippen molar-refractivity contribution >= 4 is 28.4 Å².